The number of hydrogen-bond donors (Lipinski definition) is 2. The number of carboxylic acids is 1. The molecule has 2 fully saturated rings. The Hall–Kier alpha value is -0.610. The number of nitrogens with zero attached hydrogens (tertiary/aromatic N) is 1. The molecule has 2 N–H and O–H groups in total. The molecule has 1 atom stereocenters. The Labute approximate surface area is 90.6 Å². The van der Waals surface area contributed by atoms with Crippen LogP contribution in [-0.4, -0.2) is 48.2 Å². The Morgan fingerprint density at radius 1 is 1.40 bits per heavy atom. The van der Waals surface area contributed by atoms with Crippen LogP contribution in [0.5, 0.6) is 0 Å². The van der Waals surface area contributed by atoms with Gasteiger partial charge in [0.05, 0.1) is 6.54 Å². The highest BCUT2D eigenvalue weighted by Crippen LogP contribution is 2.30. The zero-order chi connectivity index (χ0) is 10.7. The second kappa shape index (κ2) is 4.94. The monoisotopic (exact) mass is 212 g/mol. The Kier molecular flexibility index (Phi) is 3.59. The second-order valence-corrected chi connectivity index (χ2v) is 4.76. The van der Waals surface area contributed by atoms with Crippen molar-refractivity contribution in [2.45, 2.75) is 31.7 Å². The van der Waals surface area contributed by atoms with E-state index in [4.69, 9.17) is 5.11 Å². The van der Waals surface area contributed by atoms with Crippen LogP contribution >= 0.6 is 0 Å². The molecule has 2 rings (SSSR count). The maximum Gasteiger partial charge on any atom is 0.317 e. The first-order chi connectivity index (χ1) is 7.25. The van der Waals surface area contributed by atoms with Crippen molar-refractivity contribution in [1.29, 1.82) is 0 Å². The predicted octanol–water partition coefficient (Wildman–Crippen LogP) is 0.535. The summed E-state index contributed by atoms with van der Waals surface area (Å²) in [5.74, 6) is -0.108. The van der Waals surface area contributed by atoms with Crippen molar-refractivity contribution in [2.24, 2.45) is 5.92 Å². The highest BCUT2D eigenvalue weighted by atomic mass is 16.4. The largest absolute Gasteiger partial charge is 0.480 e. The smallest absolute Gasteiger partial charge is 0.317 e. The third kappa shape index (κ3) is 3.47. The number of carbonyl (C=O) groups is 1. The molecule has 0 radical (unpaired) electrons. The van der Waals surface area contributed by atoms with E-state index in [0.29, 0.717) is 5.92 Å². The maximum absolute atomic E-state index is 10.4. The van der Waals surface area contributed by atoms with Gasteiger partial charge in [-0.25, -0.2) is 0 Å². The molecular weight excluding hydrogens is 192 g/mol. The molecule has 0 spiro atoms. The van der Waals surface area contributed by atoms with Crippen molar-refractivity contribution in [1.82, 2.24) is 10.2 Å². The lowest BCUT2D eigenvalue weighted by atomic mass is 9.98. The van der Waals surface area contributed by atoms with Crippen molar-refractivity contribution < 1.29 is 9.90 Å². The molecule has 0 aromatic carbocycles. The van der Waals surface area contributed by atoms with Crippen LogP contribution in [0.1, 0.15) is 25.7 Å². The fourth-order valence-corrected chi connectivity index (χ4v) is 2.42. The standard InChI is InChI=1S/C11H20N2O2/c14-11(15)7-12-6-9-2-1-5-13(8-9)10-3-4-10/h9-10,12H,1-8H2,(H,14,15). The third-order valence-electron chi connectivity index (χ3n) is 3.32. The number of likely N-dealkylation sites (tertiary alicyclic amines) is 1. The summed E-state index contributed by atoms with van der Waals surface area (Å²) in [4.78, 5) is 12.9. The minimum atomic E-state index is -0.759. The lowest BCUT2D eigenvalue weighted by Crippen LogP contribution is -2.41. The van der Waals surface area contributed by atoms with E-state index < -0.39 is 5.97 Å². The van der Waals surface area contributed by atoms with Crippen LogP contribution in [0.15, 0.2) is 0 Å². The molecule has 1 heterocycles. The SMILES string of the molecule is O=C(O)CNCC1CCCN(C2CC2)C1. The van der Waals surface area contributed by atoms with Crippen LogP contribution in [0.2, 0.25) is 0 Å². The molecule has 0 bridgehead atoms. The minimum absolute atomic E-state index is 0.0972. The van der Waals surface area contributed by atoms with E-state index >= 15 is 0 Å². The third-order valence-corrected chi connectivity index (χ3v) is 3.32. The van der Waals surface area contributed by atoms with E-state index in [1.54, 1.807) is 0 Å². The molecule has 0 amide bonds. The number of aliphatic carboxylic acids is 1. The Bertz CT molecular complexity index is 229. The van der Waals surface area contributed by atoms with Crippen molar-refractivity contribution in [3.8, 4) is 0 Å². The molecule has 0 aromatic rings. The molecule has 2 aliphatic rings. The Morgan fingerprint density at radius 3 is 2.87 bits per heavy atom. The molecule has 1 saturated heterocycles. The lowest BCUT2D eigenvalue weighted by Gasteiger charge is -2.32. The van der Waals surface area contributed by atoms with Crippen molar-refractivity contribution in [3.05, 3.63) is 0 Å². The van der Waals surface area contributed by atoms with E-state index in [-0.39, 0.29) is 6.54 Å². The first-order valence-corrected chi connectivity index (χ1v) is 5.92. The molecule has 4 heteroatoms. The van der Waals surface area contributed by atoms with Gasteiger partial charge < -0.3 is 15.3 Å². The summed E-state index contributed by atoms with van der Waals surface area (Å²) in [6.07, 6.45) is 5.26. The number of piperidine rings is 1. The van der Waals surface area contributed by atoms with E-state index in [2.05, 4.69) is 10.2 Å². The van der Waals surface area contributed by atoms with Gasteiger partial charge in [0.2, 0.25) is 0 Å². The average molecular weight is 212 g/mol. The lowest BCUT2D eigenvalue weighted by molar-refractivity contribution is -0.136. The predicted molar refractivity (Wildman–Crippen MR) is 57.8 cm³/mol. The summed E-state index contributed by atoms with van der Waals surface area (Å²) in [5.41, 5.74) is 0. The summed E-state index contributed by atoms with van der Waals surface area (Å²) in [6.45, 7) is 3.37. The molecule has 1 saturated carbocycles. The van der Waals surface area contributed by atoms with Crippen LogP contribution in [0.25, 0.3) is 0 Å². The van der Waals surface area contributed by atoms with E-state index in [1.165, 1.54) is 32.2 Å². The molecule has 1 aliphatic carbocycles. The van der Waals surface area contributed by atoms with Gasteiger partial charge in [0.15, 0.2) is 0 Å². The van der Waals surface area contributed by atoms with E-state index in [1.807, 2.05) is 0 Å². The number of rotatable bonds is 5. The summed E-state index contributed by atoms with van der Waals surface area (Å²) in [7, 11) is 0. The van der Waals surface area contributed by atoms with Gasteiger partial charge in [-0.05, 0) is 44.7 Å². The summed E-state index contributed by atoms with van der Waals surface area (Å²) in [5, 5.41) is 11.5. The van der Waals surface area contributed by atoms with Gasteiger partial charge in [-0.2, -0.15) is 0 Å². The Balaban J connectivity index is 1.65. The molecule has 15 heavy (non-hydrogen) atoms. The minimum Gasteiger partial charge on any atom is -0.480 e. The van der Waals surface area contributed by atoms with Gasteiger partial charge in [-0.15, -0.1) is 0 Å². The van der Waals surface area contributed by atoms with Crippen LogP contribution in [-0.2, 0) is 4.79 Å². The quantitative estimate of drug-likeness (QED) is 0.698. The topological polar surface area (TPSA) is 52.6 Å². The fraction of sp³-hybridized carbons (Fsp3) is 0.909. The van der Waals surface area contributed by atoms with Crippen molar-refractivity contribution in [2.75, 3.05) is 26.2 Å². The molecule has 1 unspecified atom stereocenters. The van der Waals surface area contributed by atoms with Gasteiger partial charge in [-0.3, -0.25) is 4.79 Å². The second-order valence-electron chi connectivity index (χ2n) is 4.76. The highest BCUT2D eigenvalue weighted by molar-refractivity contribution is 5.68. The van der Waals surface area contributed by atoms with Gasteiger partial charge in [0, 0.05) is 12.6 Å². The molecule has 0 aromatic heterocycles. The number of carboxylic acid groups (broad SMARTS) is 1. The molecule has 1 aliphatic heterocycles. The summed E-state index contributed by atoms with van der Waals surface area (Å²) >= 11 is 0. The zero-order valence-electron chi connectivity index (χ0n) is 9.11. The zero-order valence-corrected chi connectivity index (χ0v) is 9.11. The van der Waals surface area contributed by atoms with Crippen LogP contribution in [0.3, 0.4) is 0 Å². The van der Waals surface area contributed by atoms with E-state index in [9.17, 15) is 4.79 Å². The van der Waals surface area contributed by atoms with E-state index in [0.717, 1.165) is 19.1 Å². The maximum atomic E-state index is 10.4. The Morgan fingerprint density at radius 2 is 2.20 bits per heavy atom. The van der Waals surface area contributed by atoms with Crippen LogP contribution in [0.4, 0.5) is 0 Å². The normalized spacial score (nSPS) is 27.9. The van der Waals surface area contributed by atoms with Gasteiger partial charge in [-0.1, -0.05) is 0 Å². The highest BCUT2D eigenvalue weighted by Gasteiger charge is 2.32. The van der Waals surface area contributed by atoms with Crippen molar-refractivity contribution >= 4 is 5.97 Å². The average Bonchev–Trinajstić information content (AvgIpc) is 3.01. The van der Waals surface area contributed by atoms with Gasteiger partial charge in [0.25, 0.3) is 0 Å². The van der Waals surface area contributed by atoms with Crippen LogP contribution in [0, 0.1) is 5.92 Å². The summed E-state index contributed by atoms with van der Waals surface area (Å²) in [6, 6.07) is 0.854. The van der Waals surface area contributed by atoms with Gasteiger partial charge in [0.1, 0.15) is 0 Å². The molecule has 86 valence electrons. The molecule has 4 nitrogen and oxygen atoms in total. The fourth-order valence-electron chi connectivity index (χ4n) is 2.42. The van der Waals surface area contributed by atoms with Crippen molar-refractivity contribution in [3.63, 3.8) is 0 Å². The number of nitrogens with one attached hydrogen (secondary N) is 1. The number of hydrogen-bond acceptors (Lipinski definition) is 3. The first-order valence-electron chi connectivity index (χ1n) is 5.92. The van der Waals surface area contributed by atoms with Crippen LogP contribution < -0.4 is 5.32 Å². The summed E-state index contributed by atoms with van der Waals surface area (Å²) < 4.78 is 0. The molecular formula is C11H20N2O2. The first kappa shape index (κ1) is 10.9. The van der Waals surface area contributed by atoms with Gasteiger partial charge >= 0.3 is 5.97 Å².